The highest BCUT2D eigenvalue weighted by Crippen LogP contribution is 2.39. The Balaban J connectivity index is 1.42. The number of imidazole rings is 1. The highest BCUT2D eigenvalue weighted by Gasteiger charge is 2.19. The summed E-state index contributed by atoms with van der Waals surface area (Å²) in [5.41, 5.74) is 12.5. The zero-order valence-corrected chi connectivity index (χ0v) is 21.1. The predicted molar refractivity (Wildman–Crippen MR) is 157 cm³/mol. The standard InChI is InChI=1S/C32H24BN2P/c33-36-27-18-24(21-14-15-23-16-22-8-4-5-11-28(22)29(23)20-21)17-25(19-27)32-34-30-12-6-7-13-31(30)35(32)26-9-2-1-3-10-26/h1-15,17-20,36H,16,33H2. The lowest BCUT2D eigenvalue weighted by Gasteiger charge is -2.13. The van der Waals surface area contributed by atoms with Crippen LogP contribution in [0.15, 0.2) is 115 Å². The second kappa shape index (κ2) is 8.62. The topological polar surface area (TPSA) is 17.8 Å². The van der Waals surface area contributed by atoms with Gasteiger partial charge in [0.1, 0.15) is 13.4 Å². The smallest absolute Gasteiger partial charge is 0.145 e. The van der Waals surface area contributed by atoms with E-state index >= 15 is 0 Å². The summed E-state index contributed by atoms with van der Waals surface area (Å²) in [6.45, 7) is 0. The van der Waals surface area contributed by atoms with Gasteiger partial charge in [-0.2, -0.15) is 0 Å². The summed E-state index contributed by atoms with van der Waals surface area (Å²) in [5.74, 6) is 0.982. The molecule has 4 heteroatoms. The van der Waals surface area contributed by atoms with E-state index in [0.717, 1.165) is 34.5 Å². The zero-order chi connectivity index (χ0) is 24.1. The average Bonchev–Trinajstić information content (AvgIpc) is 3.51. The molecule has 1 heterocycles. The maximum absolute atomic E-state index is 5.12. The minimum absolute atomic E-state index is 0.706. The van der Waals surface area contributed by atoms with Gasteiger partial charge in [0.25, 0.3) is 0 Å². The Kier molecular flexibility index (Phi) is 5.12. The molecular formula is C32H24BN2P. The molecule has 0 bridgehead atoms. The molecule has 1 unspecified atom stereocenters. The van der Waals surface area contributed by atoms with Crippen LogP contribution in [0.4, 0.5) is 0 Å². The van der Waals surface area contributed by atoms with E-state index in [1.165, 1.54) is 38.7 Å². The van der Waals surface area contributed by atoms with Gasteiger partial charge < -0.3 is 0 Å². The highest BCUT2D eigenvalue weighted by molar-refractivity contribution is 7.73. The lowest BCUT2D eigenvalue weighted by Crippen LogP contribution is -2.01. The Morgan fingerprint density at radius 1 is 0.639 bits per heavy atom. The minimum atomic E-state index is 0.706. The maximum atomic E-state index is 5.12. The van der Waals surface area contributed by atoms with Crippen molar-refractivity contribution < 1.29 is 0 Å². The van der Waals surface area contributed by atoms with Crippen molar-refractivity contribution in [3.05, 3.63) is 126 Å². The van der Waals surface area contributed by atoms with E-state index < -0.39 is 0 Å². The molecule has 1 atom stereocenters. The van der Waals surface area contributed by atoms with Gasteiger partial charge in [0, 0.05) is 11.3 Å². The Bertz CT molecular complexity index is 1750. The largest absolute Gasteiger partial charge is 0.292 e. The van der Waals surface area contributed by atoms with Crippen LogP contribution in [0, 0.1) is 0 Å². The quantitative estimate of drug-likeness (QED) is 0.201. The number of benzene rings is 5. The van der Waals surface area contributed by atoms with Crippen molar-refractivity contribution in [2.45, 2.75) is 6.42 Å². The van der Waals surface area contributed by atoms with Crippen LogP contribution in [-0.2, 0) is 6.42 Å². The van der Waals surface area contributed by atoms with Gasteiger partial charge in [-0.3, -0.25) is 4.57 Å². The number of para-hydroxylation sites is 3. The third kappa shape index (κ3) is 3.51. The first-order chi connectivity index (χ1) is 17.8. The van der Waals surface area contributed by atoms with E-state index in [-0.39, 0.29) is 0 Å². The Morgan fingerprint density at radius 3 is 2.28 bits per heavy atom. The summed E-state index contributed by atoms with van der Waals surface area (Å²) in [4.78, 5) is 5.12. The molecule has 36 heavy (non-hydrogen) atoms. The summed E-state index contributed by atoms with van der Waals surface area (Å²) < 4.78 is 2.29. The molecule has 7 rings (SSSR count). The predicted octanol–water partition coefficient (Wildman–Crippen LogP) is 6.78. The maximum Gasteiger partial charge on any atom is 0.145 e. The second-order valence-electron chi connectivity index (χ2n) is 9.35. The molecule has 170 valence electrons. The lowest BCUT2D eigenvalue weighted by molar-refractivity contribution is 1.10. The van der Waals surface area contributed by atoms with Crippen molar-refractivity contribution >= 4 is 32.4 Å². The zero-order valence-electron chi connectivity index (χ0n) is 20.1. The molecule has 0 amide bonds. The van der Waals surface area contributed by atoms with E-state index in [0.29, 0.717) is 8.46 Å². The molecule has 5 aromatic carbocycles. The summed E-state index contributed by atoms with van der Waals surface area (Å²) in [7, 11) is 2.96. The molecule has 6 aromatic rings. The van der Waals surface area contributed by atoms with Crippen molar-refractivity contribution in [2.75, 3.05) is 0 Å². The van der Waals surface area contributed by atoms with Crippen LogP contribution in [0.5, 0.6) is 0 Å². The minimum Gasteiger partial charge on any atom is -0.292 e. The summed E-state index contributed by atoms with van der Waals surface area (Å²) in [6, 6.07) is 41.7. The molecule has 0 N–H and O–H groups in total. The van der Waals surface area contributed by atoms with E-state index in [2.05, 4.69) is 127 Å². The van der Waals surface area contributed by atoms with Crippen LogP contribution in [0.25, 0.3) is 50.4 Å². The molecule has 0 saturated heterocycles. The number of hydrogen-bond acceptors (Lipinski definition) is 1. The summed E-state index contributed by atoms with van der Waals surface area (Å²) >= 11 is 0. The third-order valence-electron chi connectivity index (χ3n) is 7.19. The van der Waals surface area contributed by atoms with Gasteiger partial charge in [-0.25, -0.2) is 4.98 Å². The van der Waals surface area contributed by atoms with Crippen LogP contribution in [0.2, 0.25) is 0 Å². The van der Waals surface area contributed by atoms with Crippen molar-refractivity contribution in [2.24, 2.45) is 0 Å². The Morgan fingerprint density at radius 2 is 1.39 bits per heavy atom. The van der Waals surface area contributed by atoms with Crippen LogP contribution in [0.3, 0.4) is 0 Å². The van der Waals surface area contributed by atoms with E-state index in [1.807, 2.05) is 0 Å². The van der Waals surface area contributed by atoms with Gasteiger partial charge >= 0.3 is 0 Å². The van der Waals surface area contributed by atoms with E-state index in [9.17, 15) is 0 Å². The summed E-state index contributed by atoms with van der Waals surface area (Å²) in [6.07, 6.45) is 1.02. The van der Waals surface area contributed by atoms with Gasteiger partial charge in [-0.05, 0) is 93.6 Å². The number of fused-ring (bicyclic) bond motifs is 4. The number of hydrogen-bond donors (Lipinski definition) is 0. The normalized spacial score (nSPS) is 12.3. The Hall–Kier alpha value is -3.94. The molecule has 0 fully saturated rings. The van der Waals surface area contributed by atoms with Crippen molar-refractivity contribution in [3.8, 4) is 39.3 Å². The molecule has 1 aliphatic rings. The van der Waals surface area contributed by atoms with E-state index in [1.54, 1.807) is 0 Å². The van der Waals surface area contributed by atoms with Gasteiger partial charge in [0.05, 0.1) is 11.0 Å². The Labute approximate surface area is 213 Å². The SMILES string of the molecule is BPc1cc(-c2ccc3c(c2)-c2ccccc2C3)cc(-c2nc3ccccc3n2-c2ccccc2)c1. The van der Waals surface area contributed by atoms with Crippen LogP contribution in [0.1, 0.15) is 11.1 Å². The second-order valence-corrected chi connectivity index (χ2v) is 10.4. The molecule has 2 nitrogen and oxygen atoms in total. The fourth-order valence-electron chi connectivity index (χ4n) is 5.43. The van der Waals surface area contributed by atoms with Gasteiger partial charge in [-0.1, -0.05) is 66.7 Å². The lowest BCUT2D eigenvalue weighted by atomic mass is 9.97. The monoisotopic (exact) mass is 478 g/mol. The fraction of sp³-hybridized carbons (Fsp3) is 0.0312. The fourth-order valence-corrected chi connectivity index (χ4v) is 6.03. The van der Waals surface area contributed by atoms with Gasteiger partial charge in [0.2, 0.25) is 0 Å². The summed E-state index contributed by atoms with van der Waals surface area (Å²) in [5, 5.41) is 1.34. The molecule has 0 aliphatic heterocycles. The molecule has 0 saturated carbocycles. The molecular weight excluding hydrogens is 454 g/mol. The molecule has 0 radical (unpaired) electrons. The van der Waals surface area contributed by atoms with Gasteiger partial charge in [-0.15, -0.1) is 8.46 Å². The molecule has 1 aliphatic carbocycles. The first kappa shape index (κ1) is 21.4. The third-order valence-corrected chi connectivity index (χ3v) is 8.05. The highest BCUT2D eigenvalue weighted by atomic mass is 31.1. The van der Waals surface area contributed by atoms with Crippen molar-refractivity contribution in [3.63, 3.8) is 0 Å². The molecule has 1 aromatic heterocycles. The number of rotatable bonds is 4. The van der Waals surface area contributed by atoms with Crippen LogP contribution < -0.4 is 5.30 Å². The van der Waals surface area contributed by atoms with Crippen molar-refractivity contribution in [1.82, 2.24) is 9.55 Å². The molecule has 0 spiro atoms. The number of aromatic nitrogens is 2. The van der Waals surface area contributed by atoms with Crippen molar-refractivity contribution in [1.29, 1.82) is 0 Å². The number of nitrogens with zero attached hydrogens (tertiary/aromatic N) is 2. The van der Waals surface area contributed by atoms with Crippen LogP contribution >= 0.6 is 8.46 Å². The van der Waals surface area contributed by atoms with E-state index in [4.69, 9.17) is 4.98 Å². The van der Waals surface area contributed by atoms with Crippen LogP contribution in [-0.4, -0.2) is 17.1 Å². The van der Waals surface area contributed by atoms with Gasteiger partial charge in [0.15, 0.2) is 0 Å². The first-order valence-corrected chi connectivity index (χ1v) is 13.9. The average molecular weight is 478 g/mol. The first-order valence-electron chi connectivity index (χ1n) is 12.4.